The van der Waals surface area contributed by atoms with Gasteiger partial charge < -0.3 is 249 Å². The zero-order chi connectivity index (χ0) is 92.1. The first-order valence-electron chi connectivity index (χ1n) is 40.0. The Morgan fingerprint density at radius 3 is 0.936 bits per heavy atom. The van der Waals surface area contributed by atoms with Gasteiger partial charge in [-0.25, -0.2) is 0 Å². The molecule has 55 nitrogen and oxygen atoms in total. The van der Waals surface area contributed by atoms with Gasteiger partial charge in [-0.1, -0.05) is 0 Å². The highest BCUT2D eigenvalue weighted by Gasteiger charge is 2.62. The molecule has 722 valence electrons. The van der Waals surface area contributed by atoms with Crippen molar-refractivity contribution in [2.24, 2.45) is 0 Å². The Kier molecular flexibility index (Phi) is 36.8. The van der Waals surface area contributed by atoms with Gasteiger partial charge in [-0.05, 0) is 6.92 Å². The molecule has 0 spiro atoms. The minimum absolute atomic E-state index is 0.853. The van der Waals surface area contributed by atoms with E-state index in [0.29, 0.717) is 0 Å². The quantitative estimate of drug-likeness (QED) is 0.0297. The fraction of sp³-hybridized carbons (Fsp3) is 0.929. The van der Waals surface area contributed by atoms with Gasteiger partial charge >= 0.3 is 0 Å². The summed E-state index contributed by atoms with van der Waals surface area (Å²) in [4.78, 5) is 64.3. The van der Waals surface area contributed by atoms with Gasteiger partial charge in [0.2, 0.25) is 29.5 Å². The summed E-state index contributed by atoms with van der Waals surface area (Å²) in [7, 11) is 0. The first kappa shape index (κ1) is 103. The molecule has 0 aromatic rings. The van der Waals surface area contributed by atoms with Crippen molar-refractivity contribution in [2.75, 3.05) is 59.5 Å². The predicted molar refractivity (Wildman–Crippen MR) is 386 cm³/mol. The van der Waals surface area contributed by atoms with E-state index < -0.39 is 396 Å². The molecule has 10 heterocycles. The van der Waals surface area contributed by atoms with Gasteiger partial charge in [-0.2, -0.15) is 0 Å². The highest BCUT2D eigenvalue weighted by Crippen LogP contribution is 2.41. The zero-order valence-electron chi connectivity index (χ0n) is 67.7. The Labute approximate surface area is 708 Å². The Bertz CT molecular complexity index is 3420. The van der Waals surface area contributed by atoms with Gasteiger partial charge in [0.15, 0.2) is 62.9 Å². The summed E-state index contributed by atoms with van der Waals surface area (Å²) in [5, 5.41) is 304. The van der Waals surface area contributed by atoms with E-state index in [0.717, 1.165) is 34.6 Å². The van der Waals surface area contributed by atoms with Crippen molar-refractivity contribution in [3.05, 3.63) is 0 Å². The molecule has 0 aliphatic carbocycles. The molecule has 125 heavy (non-hydrogen) atoms. The standard InChI is InChI=1S/C70H117N5O50/c1-16-36(88)47(99)50(102)66(109-16)107-15-30-57(44(96)31(61(106)110-30)71-17(2)83)120-64-34(74-20(5)86)45(97)55(27(12-81)115-64)122-68-53(105)58(123-70-60(125-63-33(73-19(4)85)43(95)38(90)23(8-77)112-63)52(104)56(28(13-82)117-70)119-62-32(72-18(3)84)42(94)37(89)22(7-76)111-62)41(93)29(118-68)14-108-69-59(49(101)40(92)25(10-79)114-69)124-65-35(75-21(6)87)46(98)54(26(11-80)116-65)121-67-51(103)48(100)39(91)24(9-78)113-67/h16,22-70,76-82,88-106H,7-15H2,1-6H3,(H,71,83)(H,72,84)(H,73,85)(H,74,86)(H,75,87)/t16-,22+,23+,24+,25+,26+,27+,28+,29+,30+,31+,32+,33+,34+,35+,36+,37+,38+,39-,40+,41+,42+,43+,44+,45+,46+,47+,48-,49-,50-,51+,52-,53-,54+,55+,56+,57+,58-,59-,60-,61?,62-,63-,64-,65-,66+,67-,68-,69-,70+/m0/s1. The number of nitrogens with one attached hydrogen (secondary N) is 5. The van der Waals surface area contributed by atoms with Crippen LogP contribution < -0.4 is 26.6 Å². The highest BCUT2D eigenvalue weighted by molar-refractivity contribution is 5.75. The number of hydrogen-bond donors (Lipinski definition) is 31. The van der Waals surface area contributed by atoms with Crippen molar-refractivity contribution < 1.29 is 247 Å². The fourth-order valence-electron chi connectivity index (χ4n) is 16.2. The molecule has 5 amide bonds. The van der Waals surface area contributed by atoms with Crippen LogP contribution in [0.5, 0.6) is 0 Å². The van der Waals surface area contributed by atoms with Crippen molar-refractivity contribution in [1.82, 2.24) is 26.6 Å². The van der Waals surface area contributed by atoms with Gasteiger partial charge in [0, 0.05) is 34.6 Å². The van der Waals surface area contributed by atoms with E-state index in [-0.39, 0.29) is 0 Å². The van der Waals surface area contributed by atoms with Crippen molar-refractivity contribution >= 4 is 29.5 Å². The molecule has 0 saturated carbocycles. The molecule has 10 aliphatic rings. The number of amides is 5. The van der Waals surface area contributed by atoms with Crippen LogP contribution in [-0.2, 0) is 114 Å². The first-order chi connectivity index (χ1) is 59.1. The lowest BCUT2D eigenvalue weighted by atomic mass is 9.93. The zero-order valence-corrected chi connectivity index (χ0v) is 67.7. The molecule has 0 bridgehead atoms. The third-order valence-corrected chi connectivity index (χ3v) is 22.8. The van der Waals surface area contributed by atoms with Crippen LogP contribution >= 0.6 is 0 Å². The molecule has 31 N–H and O–H groups in total. The van der Waals surface area contributed by atoms with Gasteiger partial charge in [0.05, 0.1) is 65.6 Å². The van der Waals surface area contributed by atoms with Crippen molar-refractivity contribution in [2.45, 2.75) is 348 Å². The predicted octanol–water partition coefficient (Wildman–Crippen LogP) is -21.1. The number of aliphatic hydroxyl groups excluding tert-OH is 26. The maximum Gasteiger partial charge on any atom is 0.217 e. The Morgan fingerprint density at radius 2 is 0.504 bits per heavy atom. The third-order valence-electron chi connectivity index (χ3n) is 22.8. The summed E-state index contributed by atoms with van der Waals surface area (Å²) in [6.45, 7) is -4.06. The van der Waals surface area contributed by atoms with Crippen LogP contribution in [0, 0.1) is 0 Å². The summed E-state index contributed by atoms with van der Waals surface area (Å²) in [6, 6.07) is -9.49. The maximum atomic E-state index is 13.3. The van der Waals surface area contributed by atoms with Crippen LogP contribution in [0.2, 0.25) is 0 Å². The fourth-order valence-corrected chi connectivity index (χ4v) is 16.2. The van der Waals surface area contributed by atoms with E-state index in [1.165, 1.54) is 6.92 Å². The van der Waals surface area contributed by atoms with Crippen LogP contribution in [0.25, 0.3) is 0 Å². The average Bonchev–Trinajstić information content (AvgIpc) is 0.758. The molecule has 55 heteroatoms. The number of carbonyl (C=O) groups excluding carboxylic acids is 5. The van der Waals surface area contributed by atoms with Crippen molar-refractivity contribution in [3.63, 3.8) is 0 Å². The molecule has 0 aromatic carbocycles. The molecule has 0 aromatic heterocycles. The van der Waals surface area contributed by atoms with Gasteiger partial charge in [0.25, 0.3) is 0 Å². The topological polar surface area (TPSA) is 847 Å². The second-order valence-corrected chi connectivity index (χ2v) is 31.7. The van der Waals surface area contributed by atoms with Gasteiger partial charge in [-0.3, -0.25) is 24.0 Å². The Morgan fingerprint density at radius 1 is 0.224 bits per heavy atom. The van der Waals surface area contributed by atoms with Crippen LogP contribution in [0.15, 0.2) is 0 Å². The molecule has 1 unspecified atom stereocenters. The van der Waals surface area contributed by atoms with Crippen LogP contribution in [-0.4, -0.2) is 529 Å². The lowest BCUT2D eigenvalue weighted by Crippen LogP contribution is -2.71. The first-order valence-corrected chi connectivity index (χ1v) is 40.0. The SMILES string of the molecule is CC(=O)N[C@H]1[C@H](O[C@H]2[C@H](O)[C@@H](NC(C)=O)C(O)O[C@@H]2CO[C@@H]2O[C@@H](C)[C@@H](O)[C@@H](O)[C@@H]2O)O[C@H](CO)[C@@H](O[C@@H]2O[C@H](CO[C@H]3O[C@H](CO)[C@@H](O)[C@H](O)[C@@H]3O[C@@H]3O[C@H](CO)[C@@H](O[C@@H]4O[C@H](CO)[C@H](O)[C@H](O)[C@H]4O)[C@H](O)[C@H]3NC(C)=O)[C@@H](O)[C@H](O[C@H]3O[C@H](CO)[C@@H](O[C@@H]4O[C@H](CO)[C@@H](O)[C@H](O)[C@H]4NC(C)=O)[C@H](O)[C@@H]3O[C@@H]3O[C@H](CO)[C@@H](O)[C@H](O)[C@H]3NC(C)=O)[C@@H]2O)[C@@H]1O. The largest absolute Gasteiger partial charge is 0.394 e. The number of aliphatic hydroxyl groups is 26. The lowest BCUT2D eigenvalue weighted by molar-refractivity contribution is -0.403. The summed E-state index contributed by atoms with van der Waals surface area (Å²) >= 11 is 0. The average molecular weight is 1830 g/mol. The summed E-state index contributed by atoms with van der Waals surface area (Å²) in [5.41, 5.74) is 0. The lowest BCUT2D eigenvalue weighted by Gasteiger charge is -2.52. The number of ether oxygens (including phenoxy) is 19. The molecular formula is C70H117N5O50. The minimum Gasteiger partial charge on any atom is -0.394 e. The molecule has 10 fully saturated rings. The van der Waals surface area contributed by atoms with E-state index in [4.69, 9.17) is 90.0 Å². The molecule has 0 radical (unpaired) electrons. The van der Waals surface area contributed by atoms with Gasteiger partial charge in [-0.15, -0.1) is 0 Å². The second-order valence-electron chi connectivity index (χ2n) is 31.7. The second kappa shape index (κ2) is 44.9. The summed E-state index contributed by atoms with van der Waals surface area (Å²) in [5.74, 6) is -4.64. The van der Waals surface area contributed by atoms with Crippen molar-refractivity contribution in [3.8, 4) is 0 Å². The minimum atomic E-state index is -2.67. The Balaban J connectivity index is 1.02. The van der Waals surface area contributed by atoms with Gasteiger partial charge in [0.1, 0.15) is 238 Å². The maximum absolute atomic E-state index is 13.3. The number of carbonyl (C=O) groups is 5. The number of hydrogen-bond acceptors (Lipinski definition) is 50. The van der Waals surface area contributed by atoms with Crippen molar-refractivity contribution in [1.29, 1.82) is 0 Å². The van der Waals surface area contributed by atoms with Crippen LogP contribution in [0.3, 0.4) is 0 Å². The summed E-state index contributed by atoms with van der Waals surface area (Å²) < 4.78 is 114. The van der Waals surface area contributed by atoms with E-state index in [1.807, 2.05) is 0 Å². The Hall–Kier alpha value is -4.45. The van der Waals surface area contributed by atoms with Crippen LogP contribution in [0.4, 0.5) is 0 Å². The number of rotatable bonds is 32. The molecule has 10 aliphatic heterocycles. The van der Waals surface area contributed by atoms with E-state index >= 15 is 0 Å². The summed E-state index contributed by atoms with van der Waals surface area (Å²) in [6.07, 6.45) is -94.1. The molecule has 50 atom stereocenters. The van der Waals surface area contributed by atoms with E-state index in [9.17, 15) is 157 Å². The smallest absolute Gasteiger partial charge is 0.217 e. The third kappa shape index (κ3) is 23.1. The monoisotopic (exact) mass is 1830 g/mol. The molecule has 10 rings (SSSR count). The normalized spacial score (nSPS) is 48.7. The molecule has 10 saturated heterocycles. The van der Waals surface area contributed by atoms with E-state index in [2.05, 4.69) is 26.6 Å². The van der Waals surface area contributed by atoms with Crippen LogP contribution in [0.1, 0.15) is 41.5 Å². The van der Waals surface area contributed by atoms with E-state index in [1.54, 1.807) is 0 Å². The molecular weight excluding hydrogens is 1710 g/mol. The highest BCUT2D eigenvalue weighted by atomic mass is 16.8.